The number of aromatic nitrogens is 2. The van der Waals surface area contributed by atoms with Crippen LogP contribution >= 0.6 is 11.6 Å². The summed E-state index contributed by atoms with van der Waals surface area (Å²) in [6.45, 7) is 0. The van der Waals surface area contributed by atoms with Crippen LogP contribution in [0.3, 0.4) is 0 Å². The van der Waals surface area contributed by atoms with Crippen LogP contribution in [0, 0.1) is 0 Å². The van der Waals surface area contributed by atoms with E-state index in [4.69, 9.17) is 11.6 Å². The van der Waals surface area contributed by atoms with Crippen molar-refractivity contribution in [1.82, 2.24) is 9.97 Å². The minimum absolute atomic E-state index is 0.292. The molecular formula is C10H13ClN2O. The molecule has 1 N–H and O–H groups in total. The van der Waals surface area contributed by atoms with E-state index in [0.717, 1.165) is 18.7 Å². The van der Waals surface area contributed by atoms with Gasteiger partial charge in [-0.2, -0.15) is 0 Å². The highest BCUT2D eigenvalue weighted by atomic mass is 35.5. The summed E-state index contributed by atoms with van der Waals surface area (Å²) in [6.07, 6.45) is 5.63. The molecule has 0 amide bonds. The quantitative estimate of drug-likeness (QED) is 0.779. The predicted molar refractivity (Wildman–Crippen MR) is 54.4 cm³/mol. The number of carbonyl (C=O) groups is 1. The van der Waals surface area contributed by atoms with Crippen LogP contribution in [0.4, 0.5) is 0 Å². The molecular weight excluding hydrogens is 200 g/mol. The lowest BCUT2D eigenvalue weighted by atomic mass is 10.0. The van der Waals surface area contributed by atoms with Crippen LogP contribution in [0.5, 0.6) is 0 Å². The molecule has 4 heteroatoms. The average molecular weight is 213 g/mol. The first-order valence-corrected chi connectivity index (χ1v) is 5.38. The molecule has 1 heterocycles. The number of H-pyrrole nitrogens is 1. The number of aryl methyl sites for hydroxylation is 3. The van der Waals surface area contributed by atoms with Gasteiger partial charge in [0.15, 0.2) is 0 Å². The molecule has 2 rings (SSSR count). The summed E-state index contributed by atoms with van der Waals surface area (Å²) < 4.78 is 0. The highest BCUT2D eigenvalue weighted by Gasteiger charge is 2.14. The van der Waals surface area contributed by atoms with Crippen LogP contribution in [-0.2, 0) is 24.1 Å². The van der Waals surface area contributed by atoms with Gasteiger partial charge in [-0.25, -0.2) is 4.98 Å². The lowest BCUT2D eigenvalue weighted by molar-refractivity contribution is -0.111. The molecule has 0 aliphatic heterocycles. The zero-order valence-corrected chi connectivity index (χ0v) is 8.73. The van der Waals surface area contributed by atoms with Gasteiger partial charge >= 0.3 is 0 Å². The third-order valence-electron chi connectivity index (χ3n) is 2.56. The van der Waals surface area contributed by atoms with Crippen molar-refractivity contribution in [3.8, 4) is 0 Å². The van der Waals surface area contributed by atoms with Gasteiger partial charge in [0, 0.05) is 18.5 Å². The van der Waals surface area contributed by atoms with Gasteiger partial charge in [-0.05, 0) is 37.3 Å². The van der Waals surface area contributed by atoms with E-state index in [-0.39, 0.29) is 5.24 Å². The van der Waals surface area contributed by atoms with Gasteiger partial charge < -0.3 is 4.98 Å². The number of nitrogens with zero attached hydrogens (tertiary/aromatic N) is 1. The number of aromatic amines is 1. The van der Waals surface area contributed by atoms with Crippen LogP contribution in [-0.4, -0.2) is 15.2 Å². The maximum atomic E-state index is 10.6. The van der Waals surface area contributed by atoms with E-state index in [1.54, 1.807) is 0 Å². The molecule has 3 nitrogen and oxygen atoms in total. The summed E-state index contributed by atoms with van der Waals surface area (Å²) in [6, 6.07) is 0. The summed E-state index contributed by atoms with van der Waals surface area (Å²) >= 11 is 5.27. The van der Waals surface area contributed by atoms with E-state index >= 15 is 0 Å². The average Bonchev–Trinajstić information content (AvgIpc) is 2.57. The van der Waals surface area contributed by atoms with Crippen LogP contribution in [0.25, 0.3) is 0 Å². The minimum Gasteiger partial charge on any atom is -0.346 e. The van der Waals surface area contributed by atoms with Gasteiger partial charge in [-0.1, -0.05) is 0 Å². The van der Waals surface area contributed by atoms with E-state index in [2.05, 4.69) is 9.97 Å². The van der Waals surface area contributed by atoms with E-state index in [0.29, 0.717) is 12.8 Å². The molecule has 0 aromatic carbocycles. The van der Waals surface area contributed by atoms with Crippen molar-refractivity contribution in [2.45, 2.75) is 38.5 Å². The Bertz CT molecular complexity index is 322. The van der Waals surface area contributed by atoms with Gasteiger partial charge in [0.2, 0.25) is 5.24 Å². The van der Waals surface area contributed by atoms with Gasteiger partial charge in [0.1, 0.15) is 5.82 Å². The highest BCUT2D eigenvalue weighted by Crippen LogP contribution is 2.19. The van der Waals surface area contributed by atoms with Crippen LogP contribution in [0.1, 0.15) is 36.5 Å². The molecule has 1 aromatic rings. The monoisotopic (exact) mass is 212 g/mol. The summed E-state index contributed by atoms with van der Waals surface area (Å²) in [5.74, 6) is 0.908. The lowest BCUT2D eigenvalue weighted by Crippen LogP contribution is -2.00. The second-order valence-corrected chi connectivity index (χ2v) is 4.09. The Morgan fingerprint density at radius 2 is 2.21 bits per heavy atom. The van der Waals surface area contributed by atoms with Crippen LogP contribution < -0.4 is 0 Å². The van der Waals surface area contributed by atoms with E-state index in [1.807, 2.05) is 0 Å². The molecule has 0 unspecified atom stereocenters. The van der Waals surface area contributed by atoms with Crippen molar-refractivity contribution in [2.24, 2.45) is 0 Å². The first-order valence-electron chi connectivity index (χ1n) is 5.00. The smallest absolute Gasteiger partial charge is 0.222 e. The van der Waals surface area contributed by atoms with Gasteiger partial charge in [0.25, 0.3) is 0 Å². The fraction of sp³-hybridized carbons (Fsp3) is 0.600. The zero-order chi connectivity index (χ0) is 9.97. The van der Waals surface area contributed by atoms with Gasteiger partial charge in [-0.15, -0.1) is 0 Å². The lowest BCUT2D eigenvalue weighted by Gasteiger charge is -2.07. The van der Waals surface area contributed by atoms with E-state index < -0.39 is 0 Å². The fourth-order valence-electron chi connectivity index (χ4n) is 1.85. The van der Waals surface area contributed by atoms with Crippen LogP contribution in [0.2, 0.25) is 0 Å². The topological polar surface area (TPSA) is 45.8 Å². The number of carbonyl (C=O) groups excluding carboxylic acids is 1. The first kappa shape index (κ1) is 9.71. The molecule has 0 saturated carbocycles. The van der Waals surface area contributed by atoms with Crippen molar-refractivity contribution < 1.29 is 4.79 Å². The summed E-state index contributed by atoms with van der Waals surface area (Å²) in [7, 11) is 0. The Morgan fingerprint density at radius 3 is 2.93 bits per heavy atom. The van der Waals surface area contributed by atoms with Crippen molar-refractivity contribution in [2.75, 3.05) is 0 Å². The Morgan fingerprint density at radius 1 is 1.43 bits per heavy atom. The molecule has 76 valence electrons. The van der Waals surface area contributed by atoms with E-state index in [1.165, 1.54) is 24.2 Å². The summed E-state index contributed by atoms with van der Waals surface area (Å²) in [5, 5.41) is -0.292. The maximum Gasteiger partial charge on any atom is 0.222 e. The van der Waals surface area contributed by atoms with Crippen molar-refractivity contribution in [3.05, 3.63) is 17.2 Å². The standard InChI is InChI=1S/C10H13ClN2O/c11-9(14)5-6-10-12-7-3-1-2-4-8(7)13-10/h1-6H2,(H,12,13). The second-order valence-electron chi connectivity index (χ2n) is 3.67. The first-order chi connectivity index (χ1) is 6.75. The highest BCUT2D eigenvalue weighted by molar-refractivity contribution is 6.63. The van der Waals surface area contributed by atoms with Crippen molar-refractivity contribution >= 4 is 16.8 Å². The fourth-order valence-corrected chi connectivity index (χ4v) is 1.94. The van der Waals surface area contributed by atoms with Gasteiger partial charge in [-0.3, -0.25) is 4.79 Å². The predicted octanol–water partition coefficient (Wildman–Crippen LogP) is 1.99. The number of nitrogens with one attached hydrogen (secondary N) is 1. The largest absolute Gasteiger partial charge is 0.346 e. The number of imidazole rings is 1. The number of fused-ring (bicyclic) bond motifs is 1. The summed E-state index contributed by atoms with van der Waals surface area (Å²) in [5.41, 5.74) is 2.45. The van der Waals surface area contributed by atoms with Crippen molar-refractivity contribution in [3.63, 3.8) is 0 Å². The maximum absolute atomic E-state index is 10.6. The minimum atomic E-state index is -0.292. The molecule has 1 aliphatic carbocycles. The third-order valence-corrected chi connectivity index (χ3v) is 2.75. The van der Waals surface area contributed by atoms with Crippen molar-refractivity contribution in [1.29, 1.82) is 0 Å². The molecule has 14 heavy (non-hydrogen) atoms. The molecule has 1 aromatic heterocycles. The molecule has 0 radical (unpaired) electrons. The molecule has 0 bridgehead atoms. The Kier molecular flexibility index (Phi) is 2.87. The zero-order valence-electron chi connectivity index (χ0n) is 7.98. The Balaban J connectivity index is 2.04. The Labute approximate surface area is 87.9 Å². The van der Waals surface area contributed by atoms with E-state index in [9.17, 15) is 4.79 Å². The van der Waals surface area contributed by atoms with Gasteiger partial charge in [0.05, 0.1) is 5.69 Å². The number of hydrogen-bond donors (Lipinski definition) is 1. The Hall–Kier alpha value is -0.830. The molecule has 0 atom stereocenters. The number of halogens is 1. The number of rotatable bonds is 3. The molecule has 0 spiro atoms. The summed E-state index contributed by atoms with van der Waals surface area (Å²) in [4.78, 5) is 18.3. The van der Waals surface area contributed by atoms with Crippen LogP contribution in [0.15, 0.2) is 0 Å². The molecule has 1 aliphatic rings. The molecule has 0 saturated heterocycles. The number of hydrogen-bond acceptors (Lipinski definition) is 2. The SMILES string of the molecule is O=C(Cl)CCc1nc2c([nH]1)CCCC2. The molecule has 0 fully saturated rings. The normalized spacial score (nSPS) is 15.2. The third kappa shape index (κ3) is 2.15. The second kappa shape index (κ2) is 4.13.